The highest BCUT2D eigenvalue weighted by Gasteiger charge is 2.29. The van der Waals surface area contributed by atoms with Gasteiger partial charge in [-0.15, -0.1) is 0 Å². The van der Waals surface area contributed by atoms with Gasteiger partial charge in [-0.25, -0.2) is 0 Å². The Morgan fingerprint density at radius 2 is 1.90 bits per heavy atom. The SMILES string of the molecule is C1C[NH+](SC2CC2)CCN1. The molecule has 0 unspecified atom stereocenters. The minimum Gasteiger partial charge on any atom is -0.306 e. The standard InChI is InChI=1S/C7H14N2S/c1-2-7(1)10-9-5-3-8-4-6-9/h7-8H,1-6H2/p+1. The second-order valence-electron chi connectivity index (χ2n) is 3.11. The van der Waals surface area contributed by atoms with E-state index >= 15 is 0 Å². The van der Waals surface area contributed by atoms with Crippen molar-refractivity contribution in [3.63, 3.8) is 0 Å². The van der Waals surface area contributed by atoms with Gasteiger partial charge in [0.15, 0.2) is 0 Å². The summed E-state index contributed by atoms with van der Waals surface area (Å²) in [6, 6.07) is 0. The molecule has 3 heteroatoms. The van der Waals surface area contributed by atoms with Gasteiger partial charge in [0.2, 0.25) is 0 Å². The monoisotopic (exact) mass is 159 g/mol. The third kappa shape index (κ3) is 1.87. The molecule has 0 spiro atoms. The Kier molecular flexibility index (Phi) is 2.16. The highest BCUT2D eigenvalue weighted by molar-refractivity contribution is 7.93. The Hall–Kier alpha value is 0.270. The number of quaternary nitrogens is 1. The second kappa shape index (κ2) is 3.11. The van der Waals surface area contributed by atoms with Crippen molar-refractivity contribution in [1.29, 1.82) is 0 Å². The number of hydrogen-bond donors (Lipinski definition) is 2. The Morgan fingerprint density at radius 1 is 1.20 bits per heavy atom. The van der Waals surface area contributed by atoms with E-state index in [2.05, 4.69) is 17.3 Å². The van der Waals surface area contributed by atoms with Crippen molar-refractivity contribution >= 4 is 11.9 Å². The molecule has 0 radical (unpaired) electrons. The van der Waals surface area contributed by atoms with Crippen molar-refractivity contribution in [2.75, 3.05) is 26.2 Å². The largest absolute Gasteiger partial charge is 0.306 e. The molecule has 0 aromatic heterocycles. The van der Waals surface area contributed by atoms with Crippen LogP contribution in [0, 0.1) is 0 Å². The lowest BCUT2D eigenvalue weighted by Gasteiger charge is -2.21. The van der Waals surface area contributed by atoms with Crippen LogP contribution in [0.3, 0.4) is 0 Å². The Balaban J connectivity index is 1.69. The topological polar surface area (TPSA) is 16.5 Å². The van der Waals surface area contributed by atoms with Gasteiger partial charge in [0.1, 0.15) is 13.1 Å². The quantitative estimate of drug-likeness (QED) is 0.518. The molecule has 1 saturated heterocycles. The fourth-order valence-corrected chi connectivity index (χ4v) is 2.53. The zero-order chi connectivity index (χ0) is 6.81. The van der Waals surface area contributed by atoms with Crippen molar-refractivity contribution in [3.8, 4) is 0 Å². The fraction of sp³-hybridized carbons (Fsp3) is 1.00. The normalized spacial score (nSPS) is 28.8. The zero-order valence-electron chi connectivity index (χ0n) is 6.23. The molecule has 2 rings (SSSR count). The molecule has 10 heavy (non-hydrogen) atoms. The maximum Gasteiger partial charge on any atom is 0.100 e. The highest BCUT2D eigenvalue weighted by Crippen LogP contribution is 2.29. The van der Waals surface area contributed by atoms with Crippen molar-refractivity contribution in [2.24, 2.45) is 0 Å². The van der Waals surface area contributed by atoms with Crippen LogP contribution in [0.1, 0.15) is 12.8 Å². The lowest BCUT2D eigenvalue weighted by atomic mass is 10.4. The zero-order valence-corrected chi connectivity index (χ0v) is 7.04. The molecule has 1 aliphatic heterocycles. The number of rotatable bonds is 2. The van der Waals surface area contributed by atoms with E-state index in [-0.39, 0.29) is 0 Å². The van der Waals surface area contributed by atoms with Gasteiger partial charge in [0.05, 0.1) is 17.2 Å². The molecular formula is C7H15N2S+. The van der Waals surface area contributed by atoms with Crippen LogP contribution in [0.5, 0.6) is 0 Å². The summed E-state index contributed by atoms with van der Waals surface area (Å²) in [6.45, 7) is 5.08. The Bertz CT molecular complexity index is 108. The van der Waals surface area contributed by atoms with E-state index in [9.17, 15) is 0 Å². The minimum absolute atomic E-state index is 1.02. The summed E-state index contributed by atoms with van der Waals surface area (Å²) in [5, 5.41) is 4.40. The number of hydrogen-bond acceptors (Lipinski definition) is 2. The van der Waals surface area contributed by atoms with Gasteiger partial charge in [-0.1, -0.05) is 0 Å². The Labute approximate surface area is 66.5 Å². The molecule has 0 aromatic carbocycles. The van der Waals surface area contributed by atoms with E-state index in [0.717, 1.165) is 5.25 Å². The second-order valence-corrected chi connectivity index (χ2v) is 4.59. The average molecular weight is 159 g/mol. The first-order valence-corrected chi connectivity index (χ1v) is 5.05. The first-order valence-electron chi connectivity index (χ1n) is 4.17. The lowest BCUT2D eigenvalue weighted by molar-refractivity contribution is -0.758. The van der Waals surface area contributed by atoms with Crippen molar-refractivity contribution in [1.82, 2.24) is 5.32 Å². The molecule has 2 N–H and O–H groups in total. The van der Waals surface area contributed by atoms with Gasteiger partial charge in [0.25, 0.3) is 0 Å². The van der Waals surface area contributed by atoms with E-state index in [1.165, 1.54) is 39.0 Å². The average Bonchev–Trinajstić information content (AvgIpc) is 2.74. The first-order chi connectivity index (χ1) is 4.95. The van der Waals surface area contributed by atoms with Crippen molar-refractivity contribution in [3.05, 3.63) is 0 Å². The van der Waals surface area contributed by atoms with E-state index in [4.69, 9.17) is 0 Å². The summed E-state index contributed by atoms with van der Waals surface area (Å²) >= 11 is 2.16. The minimum atomic E-state index is 1.02. The molecule has 2 fully saturated rings. The maximum absolute atomic E-state index is 3.37. The third-order valence-corrected chi connectivity index (χ3v) is 3.57. The molecule has 0 amide bonds. The van der Waals surface area contributed by atoms with Gasteiger partial charge in [-0.3, -0.25) is 4.31 Å². The molecule has 2 aliphatic rings. The molecule has 0 aromatic rings. The summed E-state index contributed by atoms with van der Waals surface area (Å²) in [5.41, 5.74) is 0. The molecule has 1 heterocycles. The number of nitrogens with one attached hydrogen (secondary N) is 2. The summed E-state index contributed by atoms with van der Waals surface area (Å²) in [6.07, 6.45) is 2.95. The van der Waals surface area contributed by atoms with Gasteiger partial charge >= 0.3 is 0 Å². The van der Waals surface area contributed by atoms with Crippen LogP contribution >= 0.6 is 11.9 Å². The summed E-state index contributed by atoms with van der Waals surface area (Å²) < 4.78 is 1.75. The van der Waals surface area contributed by atoms with Crippen LogP contribution in [0.15, 0.2) is 0 Å². The molecule has 1 aliphatic carbocycles. The predicted octanol–water partition coefficient (Wildman–Crippen LogP) is -0.715. The predicted molar refractivity (Wildman–Crippen MR) is 44.2 cm³/mol. The third-order valence-electron chi connectivity index (χ3n) is 2.02. The van der Waals surface area contributed by atoms with Crippen LogP contribution in [-0.2, 0) is 0 Å². The Morgan fingerprint density at radius 3 is 2.50 bits per heavy atom. The van der Waals surface area contributed by atoms with Gasteiger partial charge in [-0.2, -0.15) is 0 Å². The van der Waals surface area contributed by atoms with Crippen LogP contribution in [0.2, 0.25) is 0 Å². The molecule has 58 valence electrons. The molecule has 0 atom stereocenters. The molecule has 1 saturated carbocycles. The van der Waals surface area contributed by atoms with Crippen LogP contribution in [0.4, 0.5) is 0 Å². The summed E-state index contributed by atoms with van der Waals surface area (Å²) in [5.74, 6) is 0. The van der Waals surface area contributed by atoms with Crippen molar-refractivity contribution < 1.29 is 4.31 Å². The first kappa shape index (κ1) is 6.95. The van der Waals surface area contributed by atoms with Crippen molar-refractivity contribution in [2.45, 2.75) is 18.1 Å². The van der Waals surface area contributed by atoms with Gasteiger partial charge in [-0.05, 0) is 12.8 Å². The molecule has 2 nitrogen and oxygen atoms in total. The molecular weight excluding hydrogens is 144 g/mol. The van der Waals surface area contributed by atoms with Gasteiger partial charge in [0, 0.05) is 13.1 Å². The van der Waals surface area contributed by atoms with Crippen LogP contribution < -0.4 is 9.62 Å². The summed E-state index contributed by atoms with van der Waals surface area (Å²) in [7, 11) is 0. The van der Waals surface area contributed by atoms with E-state index in [1.54, 1.807) is 4.31 Å². The van der Waals surface area contributed by atoms with Crippen LogP contribution in [0.25, 0.3) is 0 Å². The van der Waals surface area contributed by atoms with Crippen LogP contribution in [-0.4, -0.2) is 31.4 Å². The molecule has 0 bridgehead atoms. The maximum atomic E-state index is 3.37. The van der Waals surface area contributed by atoms with E-state index < -0.39 is 0 Å². The smallest absolute Gasteiger partial charge is 0.100 e. The van der Waals surface area contributed by atoms with Gasteiger partial charge < -0.3 is 5.32 Å². The van der Waals surface area contributed by atoms with E-state index in [1.807, 2.05) is 0 Å². The van der Waals surface area contributed by atoms with E-state index in [0.29, 0.717) is 0 Å². The number of piperazine rings is 1. The fourth-order valence-electron chi connectivity index (χ4n) is 1.25. The highest BCUT2D eigenvalue weighted by atomic mass is 32.2. The lowest BCUT2D eigenvalue weighted by Crippen LogP contribution is -3.09. The summed E-state index contributed by atoms with van der Waals surface area (Å²) in [4.78, 5) is 0.